The summed E-state index contributed by atoms with van der Waals surface area (Å²) in [6.45, 7) is 0. The highest BCUT2D eigenvalue weighted by Crippen LogP contribution is 2.61. The Kier molecular flexibility index (Phi) is 3.67. The van der Waals surface area contributed by atoms with Crippen LogP contribution in [0.5, 0.6) is 0 Å². The molecule has 132 valence electrons. The summed E-state index contributed by atoms with van der Waals surface area (Å²) in [5.41, 5.74) is 1.81. The van der Waals surface area contributed by atoms with Gasteiger partial charge in [-0.05, 0) is 54.4 Å². The van der Waals surface area contributed by atoms with Gasteiger partial charge in [-0.2, -0.15) is 0 Å². The van der Waals surface area contributed by atoms with Crippen molar-refractivity contribution >= 4 is 40.7 Å². The van der Waals surface area contributed by atoms with Gasteiger partial charge in [0.05, 0.1) is 27.6 Å². The quantitative estimate of drug-likeness (QED) is 0.687. The molecule has 5 atom stereocenters. The topological polar surface area (TPSA) is 37.4 Å². The van der Waals surface area contributed by atoms with Gasteiger partial charge in [-0.1, -0.05) is 53.5 Å². The minimum absolute atomic E-state index is 0.0719. The Balaban J connectivity index is 1.50. The average molecular weight is 386 g/mol. The number of fused-ring (bicyclic) bond motifs is 5. The van der Waals surface area contributed by atoms with E-state index in [2.05, 4.69) is 12.1 Å². The average Bonchev–Trinajstić information content (AvgIpc) is 3.30. The number of imide groups is 1. The van der Waals surface area contributed by atoms with Crippen LogP contribution >= 0.6 is 23.2 Å². The van der Waals surface area contributed by atoms with Gasteiger partial charge in [-0.3, -0.25) is 9.59 Å². The van der Waals surface area contributed by atoms with Crippen LogP contribution in [0.2, 0.25) is 10.0 Å². The normalized spacial score (nSPS) is 32.4. The van der Waals surface area contributed by atoms with Crippen molar-refractivity contribution in [1.29, 1.82) is 0 Å². The van der Waals surface area contributed by atoms with Crippen LogP contribution in [-0.4, -0.2) is 11.8 Å². The number of hydrogen-bond acceptors (Lipinski definition) is 2. The van der Waals surface area contributed by atoms with E-state index in [-0.39, 0.29) is 29.6 Å². The Hall–Kier alpha value is -1.84. The van der Waals surface area contributed by atoms with Crippen LogP contribution < -0.4 is 4.90 Å². The SMILES string of the molecule is O=C1[C@@H]2[C@H]3C[C@@H]([C@@H]2C(=O)N1c1ccc(Cl)c(Cl)c1)[C@H](c1ccccc1)C3. The number of carbonyl (C=O) groups is 2. The highest BCUT2D eigenvalue weighted by Gasteiger charge is 2.64. The molecular weight excluding hydrogens is 369 g/mol. The number of amides is 2. The number of carbonyl (C=O) groups excluding carboxylic acids is 2. The first-order valence-electron chi connectivity index (χ1n) is 8.94. The second-order valence-corrected chi connectivity index (χ2v) is 8.39. The number of nitrogens with zero attached hydrogens (tertiary/aromatic N) is 1. The third-order valence-electron chi connectivity index (χ3n) is 6.40. The third-order valence-corrected chi connectivity index (χ3v) is 7.14. The fourth-order valence-corrected chi connectivity index (χ4v) is 5.71. The molecule has 3 nitrogen and oxygen atoms in total. The second kappa shape index (κ2) is 5.83. The lowest BCUT2D eigenvalue weighted by Gasteiger charge is -2.28. The van der Waals surface area contributed by atoms with Crippen LogP contribution in [0.25, 0.3) is 0 Å². The van der Waals surface area contributed by atoms with Gasteiger partial charge >= 0.3 is 0 Å². The highest BCUT2D eigenvalue weighted by molar-refractivity contribution is 6.42. The fourth-order valence-electron chi connectivity index (χ4n) is 5.42. The minimum atomic E-state index is -0.207. The van der Waals surface area contributed by atoms with Crippen molar-refractivity contribution in [3.8, 4) is 0 Å². The Morgan fingerprint density at radius 2 is 1.58 bits per heavy atom. The molecule has 2 saturated carbocycles. The summed E-state index contributed by atoms with van der Waals surface area (Å²) in [5, 5.41) is 0.769. The summed E-state index contributed by atoms with van der Waals surface area (Å²) >= 11 is 12.1. The van der Waals surface area contributed by atoms with Gasteiger partial charge in [0.2, 0.25) is 11.8 Å². The molecule has 3 fully saturated rings. The molecular formula is C21H17Cl2NO2. The second-order valence-electron chi connectivity index (χ2n) is 7.57. The van der Waals surface area contributed by atoms with Gasteiger partial charge in [0.1, 0.15) is 0 Å². The molecule has 0 radical (unpaired) electrons. The zero-order valence-corrected chi connectivity index (χ0v) is 15.5. The van der Waals surface area contributed by atoms with E-state index in [0.717, 1.165) is 12.8 Å². The first kappa shape index (κ1) is 16.3. The summed E-state index contributed by atoms with van der Waals surface area (Å²) in [5.74, 6) is 0.371. The zero-order valence-electron chi connectivity index (χ0n) is 13.9. The van der Waals surface area contributed by atoms with E-state index >= 15 is 0 Å². The lowest BCUT2D eigenvalue weighted by Crippen LogP contribution is -2.32. The standard InChI is InChI=1S/C21H17Cl2NO2/c22-16-7-6-13(10-17(16)23)24-20(25)18-12-8-14(11-4-2-1-3-5-11)15(9-12)19(18)21(24)26/h1-7,10,12,14-15,18-19H,8-9H2/t12-,14+,15-,18-,19+/m1/s1. The van der Waals surface area contributed by atoms with E-state index in [4.69, 9.17) is 23.2 Å². The first-order valence-corrected chi connectivity index (χ1v) is 9.69. The number of halogens is 2. The maximum atomic E-state index is 13.2. The first-order chi connectivity index (χ1) is 12.6. The van der Waals surface area contributed by atoms with E-state index < -0.39 is 0 Å². The maximum Gasteiger partial charge on any atom is 0.237 e. The molecule has 0 unspecified atom stereocenters. The molecule has 3 aliphatic rings. The Morgan fingerprint density at radius 3 is 2.31 bits per heavy atom. The molecule has 2 aliphatic carbocycles. The molecule has 5 rings (SSSR count). The van der Waals surface area contributed by atoms with Gasteiger partial charge in [0.15, 0.2) is 0 Å². The summed E-state index contributed by atoms with van der Waals surface area (Å²) in [6.07, 6.45) is 1.96. The molecule has 1 saturated heterocycles. The predicted octanol–water partition coefficient (Wildman–Crippen LogP) is 4.92. The fraction of sp³-hybridized carbons (Fsp3) is 0.333. The third kappa shape index (κ3) is 2.20. The smallest absolute Gasteiger partial charge is 0.237 e. The van der Waals surface area contributed by atoms with Gasteiger partial charge in [-0.25, -0.2) is 4.90 Å². The van der Waals surface area contributed by atoms with Crippen molar-refractivity contribution in [1.82, 2.24) is 0 Å². The summed E-state index contributed by atoms with van der Waals surface area (Å²) in [6, 6.07) is 15.3. The molecule has 0 spiro atoms. The lowest BCUT2D eigenvalue weighted by molar-refractivity contribution is -0.123. The van der Waals surface area contributed by atoms with Crippen molar-refractivity contribution in [2.45, 2.75) is 18.8 Å². The number of hydrogen-bond donors (Lipinski definition) is 0. The van der Waals surface area contributed by atoms with Crippen molar-refractivity contribution < 1.29 is 9.59 Å². The van der Waals surface area contributed by atoms with Crippen LogP contribution in [0.1, 0.15) is 24.3 Å². The number of anilines is 1. The molecule has 0 aromatic heterocycles. The van der Waals surface area contributed by atoms with Crippen molar-refractivity contribution in [3.63, 3.8) is 0 Å². The molecule has 1 heterocycles. The van der Waals surface area contributed by atoms with Crippen LogP contribution in [0, 0.1) is 23.7 Å². The minimum Gasteiger partial charge on any atom is -0.274 e. The van der Waals surface area contributed by atoms with E-state index in [0.29, 0.717) is 27.6 Å². The monoisotopic (exact) mass is 385 g/mol. The van der Waals surface area contributed by atoms with Gasteiger partial charge in [0, 0.05) is 0 Å². The van der Waals surface area contributed by atoms with Crippen molar-refractivity contribution in [3.05, 3.63) is 64.1 Å². The molecule has 26 heavy (non-hydrogen) atoms. The largest absolute Gasteiger partial charge is 0.274 e. The Morgan fingerprint density at radius 1 is 0.846 bits per heavy atom. The van der Waals surface area contributed by atoms with E-state index in [1.54, 1.807) is 18.2 Å². The Bertz CT molecular complexity index is 913. The summed E-state index contributed by atoms with van der Waals surface area (Å²) < 4.78 is 0. The van der Waals surface area contributed by atoms with Gasteiger partial charge < -0.3 is 0 Å². The predicted molar refractivity (Wildman–Crippen MR) is 101 cm³/mol. The van der Waals surface area contributed by atoms with E-state index in [1.165, 1.54) is 10.5 Å². The number of rotatable bonds is 2. The lowest BCUT2D eigenvalue weighted by atomic mass is 9.73. The van der Waals surface area contributed by atoms with Gasteiger partial charge in [-0.15, -0.1) is 0 Å². The molecule has 5 heteroatoms. The molecule has 2 bridgehead atoms. The Labute approximate surface area is 161 Å². The van der Waals surface area contributed by atoms with Crippen LogP contribution in [-0.2, 0) is 9.59 Å². The van der Waals surface area contributed by atoms with Crippen LogP contribution in [0.4, 0.5) is 5.69 Å². The molecule has 2 aromatic carbocycles. The molecule has 2 amide bonds. The van der Waals surface area contributed by atoms with E-state index in [9.17, 15) is 9.59 Å². The zero-order chi connectivity index (χ0) is 18.0. The maximum absolute atomic E-state index is 13.2. The van der Waals surface area contributed by atoms with Crippen molar-refractivity contribution in [2.24, 2.45) is 23.7 Å². The van der Waals surface area contributed by atoms with Gasteiger partial charge in [0.25, 0.3) is 0 Å². The van der Waals surface area contributed by atoms with E-state index in [1.807, 2.05) is 18.2 Å². The van der Waals surface area contributed by atoms with Crippen LogP contribution in [0.3, 0.4) is 0 Å². The van der Waals surface area contributed by atoms with Crippen molar-refractivity contribution in [2.75, 3.05) is 4.90 Å². The molecule has 2 aromatic rings. The van der Waals surface area contributed by atoms with Crippen LogP contribution in [0.15, 0.2) is 48.5 Å². The highest BCUT2D eigenvalue weighted by atomic mass is 35.5. The summed E-state index contributed by atoms with van der Waals surface area (Å²) in [7, 11) is 0. The summed E-state index contributed by atoms with van der Waals surface area (Å²) in [4.78, 5) is 27.6. The molecule has 1 aliphatic heterocycles. The number of benzene rings is 2. The molecule has 0 N–H and O–H groups in total.